The second-order valence-electron chi connectivity index (χ2n) is 4.91. The molecule has 0 atom stereocenters. The van der Waals surface area contributed by atoms with Gasteiger partial charge in [-0.2, -0.15) is 0 Å². The maximum absolute atomic E-state index is 4.53. The quantitative estimate of drug-likeness (QED) is 0.588. The first-order chi connectivity index (χ1) is 6.59. The maximum Gasteiger partial charge on any atom is 0.0695 e. The van der Waals surface area contributed by atoms with E-state index in [-0.39, 0.29) is 5.41 Å². The Labute approximate surface area is 85.9 Å². The van der Waals surface area contributed by atoms with Gasteiger partial charge in [-0.15, -0.1) is 0 Å². The van der Waals surface area contributed by atoms with Gasteiger partial charge in [0.05, 0.1) is 5.69 Å². The van der Waals surface area contributed by atoms with E-state index in [1.165, 1.54) is 16.8 Å². The summed E-state index contributed by atoms with van der Waals surface area (Å²) in [5.74, 6) is 0. The highest BCUT2D eigenvalue weighted by atomic mass is 14.7. The Morgan fingerprint density at radius 1 is 1.21 bits per heavy atom. The second-order valence-corrected chi connectivity index (χ2v) is 4.91. The zero-order valence-corrected chi connectivity index (χ0v) is 9.17. The van der Waals surface area contributed by atoms with Gasteiger partial charge < -0.3 is 0 Å². The number of para-hydroxylation sites is 1. The minimum Gasteiger partial charge on any atom is -0.261 e. The molecule has 1 aromatic carbocycles. The highest BCUT2D eigenvalue weighted by Gasteiger charge is 2.20. The Morgan fingerprint density at radius 3 is 2.71 bits per heavy atom. The molecule has 2 rings (SSSR count). The average molecular weight is 187 g/mol. The molecule has 0 radical (unpaired) electrons. The molecule has 1 heteroatoms. The fourth-order valence-corrected chi connectivity index (χ4v) is 1.93. The summed E-state index contributed by atoms with van der Waals surface area (Å²) in [6, 6.07) is 6.54. The first kappa shape index (κ1) is 9.45. The number of hydrogen-bond acceptors (Lipinski definition) is 1. The lowest BCUT2D eigenvalue weighted by molar-refractivity contribution is 0.590. The highest BCUT2D eigenvalue weighted by Crippen LogP contribution is 2.35. The van der Waals surface area contributed by atoms with Gasteiger partial charge in [-0.25, -0.2) is 0 Å². The molecule has 1 aliphatic rings. The first-order valence-corrected chi connectivity index (χ1v) is 5.24. The molecule has 0 aromatic heterocycles. The van der Waals surface area contributed by atoms with Crippen molar-refractivity contribution in [1.29, 1.82) is 0 Å². The van der Waals surface area contributed by atoms with E-state index in [9.17, 15) is 0 Å². The van der Waals surface area contributed by atoms with Crippen LogP contribution in [0.5, 0.6) is 0 Å². The van der Waals surface area contributed by atoms with E-state index < -0.39 is 0 Å². The van der Waals surface area contributed by atoms with Gasteiger partial charge in [0.2, 0.25) is 0 Å². The summed E-state index contributed by atoms with van der Waals surface area (Å²) < 4.78 is 0. The van der Waals surface area contributed by atoms with Crippen LogP contribution < -0.4 is 0 Å². The highest BCUT2D eigenvalue weighted by molar-refractivity contribution is 5.71. The van der Waals surface area contributed by atoms with E-state index in [1.807, 2.05) is 6.21 Å². The van der Waals surface area contributed by atoms with Crippen molar-refractivity contribution < 1.29 is 0 Å². The molecule has 0 saturated carbocycles. The Morgan fingerprint density at radius 2 is 2.00 bits per heavy atom. The lowest BCUT2D eigenvalue weighted by Crippen LogP contribution is -2.13. The van der Waals surface area contributed by atoms with Crippen molar-refractivity contribution in [3.63, 3.8) is 0 Å². The molecule has 1 heterocycles. The van der Waals surface area contributed by atoms with Crippen LogP contribution in [0.4, 0.5) is 5.69 Å². The molecule has 1 nitrogen and oxygen atoms in total. The van der Waals surface area contributed by atoms with Crippen LogP contribution in [-0.4, -0.2) is 6.21 Å². The van der Waals surface area contributed by atoms with Gasteiger partial charge in [0.1, 0.15) is 0 Å². The van der Waals surface area contributed by atoms with Crippen LogP contribution in [0.15, 0.2) is 23.2 Å². The van der Waals surface area contributed by atoms with E-state index in [2.05, 4.69) is 44.0 Å². The van der Waals surface area contributed by atoms with Crippen LogP contribution >= 0.6 is 0 Å². The first-order valence-electron chi connectivity index (χ1n) is 5.24. The van der Waals surface area contributed by atoms with Crippen molar-refractivity contribution in [2.24, 2.45) is 4.99 Å². The van der Waals surface area contributed by atoms with E-state index in [1.54, 1.807) is 0 Å². The minimum absolute atomic E-state index is 0.194. The number of rotatable bonds is 0. The number of benzene rings is 1. The number of hydrogen-bond donors (Lipinski definition) is 0. The molecule has 0 fully saturated rings. The van der Waals surface area contributed by atoms with Crippen molar-refractivity contribution >= 4 is 11.9 Å². The van der Waals surface area contributed by atoms with Gasteiger partial charge in [-0.1, -0.05) is 39.0 Å². The average Bonchev–Trinajstić information content (AvgIpc) is 2.15. The molecule has 0 unspecified atom stereocenters. The van der Waals surface area contributed by atoms with Gasteiger partial charge in [-0.3, -0.25) is 4.99 Å². The van der Waals surface area contributed by atoms with Crippen LogP contribution in [0.2, 0.25) is 0 Å². The number of fused-ring (bicyclic) bond motifs is 1. The summed E-state index contributed by atoms with van der Waals surface area (Å²) >= 11 is 0. The molecule has 14 heavy (non-hydrogen) atoms. The third-order valence-corrected chi connectivity index (χ3v) is 2.69. The smallest absolute Gasteiger partial charge is 0.0695 e. The maximum atomic E-state index is 4.53. The number of aryl methyl sites for hydroxylation is 1. The summed E-state index contributed by atoms with van der Waals surface area (Å²) in [6.45, 7) is 6.73. The van der Waals surface area contributed by atoms with Gasteiger partial charge in [0.15, 0.2) is 0 Å². The predicted octanol–water partition coefficient (Wildman–Crippen LogP) is 3.63. The van der Waals surface area contributed by atoms with Crippen molar-refractivity contribution in [2.75, 3.05) is 0 Å². The summed E-state index contributed by atoms with van der Waals surface area (Å²) in [4.78, 5) is 4.53. The summed E-state index contributed by atoms with van der Waals surface area (Å²) in [5.41, 5.74) is 4.18. The van der Waals surface area contributed by atoms with Crippen molar-refractivity contribution in [3.8, 4) is 0 Å². The van der Waals surface area contributed by atoms with Crippen LogP contribution in [0, 0.1) is 0 Å². The second kappa shape index (κ2) is 3.23. The lowest BCUT2D eigenvalue weighted by atomic mass is 9.83. The van der Waals surface area contributed by atoms with Gasteiger partial charge in [-0.05, 0) is 29.4 Å². The SMILES string of the molecule is CC(C)(C)c1cccc2c1N=CCC2. The lowest BCUT2D eigenvalue weighted by Gasteiger charge is -2.24. The molecule has 74 valence electrons. The number of nitrogens with zero attached hydrogens (tertiary/aromatic N) is 1. The van der Waals surface area contributed by atoms with Gasteiger partial charge in [0.25, 0.3) is 0 Å². The van der Waals surface area contributed by atoms with Crippen molar-refractivity contribution in [1.82, 2.24) is 0 Å². The number of aliphatic imine (C=N–C) groups is 1. The molecule has 0 saturated heterocycles. The molecule has 0 amide bonds. The van der Waals surface area contributed by atoms with Crippen LogP contribution in [0.3, 0.4) is 0 Å². The molecular weight excluding hydrogens is 170 g/mol. The Balaban J connectivity index is 2.58. The Kier molecular flexibility index (Phi) is 2.18. The molecule has 1 aromatic rings. The summed E-state index contributed by atoms with van der Waals surface area (Å²) in [5, 5.41) is 0. The van der Waals surface area contributed by atoms with Crippen LogP contribution in [-0.2, 0) is 11.8 Å². The fraction of sp³-hybridized carbons (Fsp3) is 0.462. The van der Waals surface area contributed by atoms with E-state index in [0.717, 1.165) is 12.8 Å². The predicted molar refractivity (Wildman–Crippen MR) is 61.6 cm³/mol. The van der Waals surface area contributed by atoms with Crippen molar-refractivity contribution in [2.45, 2.75) is 39.0 Å². The normalized spacial score (nSPS) is 15.4. The minimum atomic E-state index is 0.194. The molecule has 0 spiro atoms. The zero-order chi connectivity index (χ0) is 10.2. The zero-order valence-electron chi connectivity index (χ0n) is 9.17. The Bertz CT molecular complexity index is 369. The van der Waals surface area contributed by atoms with Crippen LogP contribution in [0.25, 0.3) is 0 Å². The Hall–Kier alpha value is -1.11. The molecule has 0 bridgehead atoms. The molecule has 0 N–H and O–H groups in total. The van der Waals surface area contributed by atoms with E-state index in [4.69, 9.17) is 0 Å². The topological polar surface area (TPSA) is 12.4 Å². The fourth-order valence-electron chi connectivity index (χ4n) is 1.93. The van der Waals surface area contributed by atoms with Crippen LogP contribution in [0.1, 0.15) is 38.3 Å². The summed E-state index contributed by atoms with van der Waals surface area (Å²) in [6.07, 6.45) is 4.26. The van der Waals surface area contributed by atoms with Gasteiger partial charge >= 0.3 is 0 Å². The molecule has 0 aliphatic carbocycles. The standard InChI is InChI=1S/C13H17N/c1-13(2,3)11-8-4-6-10-7-5-9-14-12(10)11/h4,6,8-9H,5,7H2,1-3H3. The third-order valence-electron chi connectivity index (χ3n) is 2.69. The monoisotopic (exact) mass is 187 g/mol. The third kappa shape index (κ3) is 1.59. The summed E-state index contributed by atoms with van der Waals surface area (Å²) in [7, 11) is 0. The van der Waals surface area contributed by atoms with Crippen molar-refractivity contribution in [3.05, 3.63) is 29.3 Å². The molecular formula is C13H17N. The van der Waals surface area contributed by atoms with Gasteiger partial charge in [0, 0.05) is 6.21 Å². The molecule has 1 aliphatic heterocycles. The van der Waals surface area contributed by atoms with E-state index >= 15 is 0 Å². The van der Waals surface area contributed by atoms with E-state index in [0.29, 0.717) is 0 Å². The largest absolute Gasteiger partial charge is 0.261 e.